The molecule has 1 unspecified atom stereocenters. The number of pyridine rings is 1. The van der Waals surface area contributed by atoms with E-state index in [-0.39, 0.29) is 0 Å². The van der Waals surface area contributed by atoms with Crippen LogP contribution in [0.4, 0.5) is 0 Å². The average molecular weight is 327 g/mol. The van der Waals surface area contributed by atoms with Crippen LogP contribution < -0.4 is 5.32 Å². The van der Waals surface area contributed by atoms with Gasteiger partial charge in [-0.2, -0.15) is 0 Å². The summed E-state index contributed by atoms with van der Waals surface area (Å²) in [6.07, 6.45) is 5.97. The first-order valence-electron chi connectivity index (χ1n) is 7.90. The fourth-order valence-electron chi connectivity index (χ4n) is 3.48. The molecular weight excluding hydrogens is 306 g/mol. The summed E-state index contributed by atoms with van der Waals surface area (Å²) in [6, 6.07) is 10.3. The second-order valence-electron chi connectivity index (χ2n) is 5.83. The summed E-state index contributed by atoms with van der Waals surface area (Å²) in [5.74, 6) is 0. The zero-order valence-electron chi connectivity index (χ0n) is 13.5. The Balaban J connectivity index is 2.21. The molecule has 0 spiro atoms. The molecule has 1 aliphatic rings. The van der Waals surface area contributed by atoms with Crippen LogP contribution in [0.3, 0.4) is 0 Å². The van der Waals surface area contributed by atoms with Gasteiger partial charge in [0.1, 0.15) is 7.11 Å². The van der Waals surface area contributed by atoms with Gasteiger partial charge in [0.2, 0.25) is 0 Å². The predicted molar refractivity (Wildman–Crippen MR) is 98.0 cm³/mol. The van der Waals surface area contributed by atoms with Crippen molar-refractivity contribution in [2.45, 2.75) is 31.1 Å². The lowest BCUT2D eigenvalue weighted by Crippen LogP contribution is -2.50. The maximum Gasteiger partial charge on any atom is 0.106 e. The molecule has 1 saturated carbocycles. The second kappa shape index (κ2) is 6.62. The van der Waals surface area contributed by atoms with Gasteiger partial charge in [0.15, 0.2) is 0 Å². The van der Waals surface area contributed by atoms with Crippen molar-refractivity contribution in [2.75, 3.05) is 14.2 Å². The molecule has 1 N–H and O–H groups in total. The highest BCUT2D eigenvalue weighted by Gasteiger charge is 2.44. The zero-order chi connectivity index (χ0) is 16.3. The van der Waals surface area contributed by atoms with Crippen LogP contribution in [-0.4, -0.2) is 29.8 Å². The fraction of sp³-hybridized carbons (Fsp3) is 0.389. The summed E-state index contributed by atoms with van der Waals surface area (Å²) in [5, 5.41) is 8.62. The molecule has 0 bridgehead atoms. The predicted octanol–water partition coefficient (Wildman–Crippen LogP) is 3.60. The van der Waals surface area contributed by atoms with Gasteiger partial charge in [-0.25, -0.2) is 0 Å². The normalized spacial score (nSPS) is 23.0. The molecule has 4 nitrogen and oxygen atoms in total. The Morgan fingerprint density at radius 1 is 1.35 bits per heavy atom. The molecule has 5 heteroatoms. The number of rotatable bonds is 3. The molecule has 1 atom stereocenters. The molecule has 1 aromatic heterocycles. The average Bonchev–Trinajstić information content (AvgIpc) is 2.61. The Morgan fingerprint density at radius 3 is 2.96 bits per heavy atom. The Morgan fingerprint density at radius 2 is 2.17 bits per heavy atom. The number of hydrogen-bond donors (Lipinski definition) is 1. The monoisotopic (exact) mass is 327 g/mol. The van der Waals surface area contributed by atoms with Crippen molar-refractivity contribution in [3.8, 4) is 0 Å². The molecule has 2 aromatic rings. The van der Waals surface area contributed by atoms with Crippen LogP contribution in [0.5, 0.6) is 0 Å². The topological polar surface area (TPSA) is 46.5 Å². The third-order valence-electron chi connectivity index (χ3n) is 4.61. The maximum absolute atomic E-state index is 5.71. The minimum absolute atomic E-state index is 0.421. The lowest BCUT2D eigenvalue weighted by Gasteiger charge is -2.38. The summed E-state index contributed by atoms with van der Waals surface area (Å²) in [6.45, 7) is 0. The Hall–Kier alpha value is -2.01. The van der Waals surface area contributed by atoms with E-state index in [9.17, 15) is 0 Å². The second-order valence-corrected chi connectivity index (χ2v) is 6.24. The largest absolute Gasteiger partial charge is 0.399 e. The van der Waals surface area contributed by atoms with Gasteiger partial charge in [-0.3, -0.25) is 4.98 Å². The van der Waals surface area contributed by atoms with Crippen molar-refractivity contribution in [1.82, 2.24) is 10.3 Å². The Bertz CT molecular complexity index is 759. The number of para-hydroxylation sites is 1. The van der Waals surface area contributed by atoms with Crippen LogP contribution in [0, 0.1) is 0 Å². The van der Waals surface area contributed by atoms with E-state index in [0.29, 0.717) is 0 Å². The lowest BCUT2D eigenvalue weighted by molar-refractivity contribution is 0.208. The molecule has 1 aromatic carbocycles. The molecule has 0 saturated heterocycles. The first-order valence-corrected chi connectivity index (χ1v) is 8.31. The number of aromatic nitrogens is 1. The van der Waals surface area contributed by atoms with E-state index in [1.807, 2.05) is 31.4 Å². The van der Waals surface area contributed by atoms with E-state index in [2.05, 4.69) is 27.6 Å². The van der Waals surface area contributed by atoms with Crippen LogP contribution in [0.1, 0.15) is 31.2 Å². The first-order chi connectivity index (χ1) is 11.2. The number of nitrogens with zero attached hydrogens (tertiary/aromatic N) is 2. The van der Waals surface area contributed by atoms with E-state index in [1.165, 1.54) is 0 Å². The van der Waals surface area contributed by atoms with Crippen LogP contribution in [-0.2, 0) is 10.3 Å². The Kier molecular flexibility index (Phi) is 4.57. The van der Waals surface area contributed by atoms with Crippen molar-refractivity contribution >= 4 is 33.8 Å². The van der Waals surface area contributed by atoms with Gasteiger partial charge in [0.25, 0.3) is 0 Å². The van der Waals surface area contributed by atoms with Crippen molar-refractivity contribution in [2.24, 2.45) is 5.16 Å². The van der Waals surface area contributed by atoms with Gasteiger partial charge in [0.05, 0.1) is 21.6 Å². The van der Waals surface area contributed by atoms with E-state index in [0.717, 1.165) is 52.8 Å². The van der Waals surface area contributed by atoms with Gasteiger partial charge in [-0.15, -0.1) is 0 Å². The number of oxime groups is 1. The summed E-state index contributed by atoms with van der Waals surface area (Å²) >= 11 is 5.71. The molecule has 1 fully saturated rings. The highest BCUT2D eigenvalue weighted by atomic mass is 32.1. The van der Waals surface area contributed by atoms with Crippen molar-refractivity contribution in [3.63, 3.8) is 0 Å². The summed E-state index contributed by atoms with van der Waals surface area (Å²) in [4.78, 5) is 10.5. The highest BCUT2D eigenvalue weighted by molar-refractivity contribution is 7.80. The minimum Gasteiger partial charge on any atom is -0.399 e. The molecule has 0 aliphatic heterocycles. The summed E-state index contributed by atoms with van der Waals surface area (Å²) in [7, 11) is 3.46. The van der Waals surface area contributed by atoms with Gasteiger partial charge >= 0.3 is 0 Å². The van der Waals surface area contributed by atoms with Crippen LogP contribution in [0.15, 0.2) is 41.7 Å². The standard InChI is InChI=1S/C18H21N3OS/c1-19-17(23)18(10-6-5-9-16(18)21-22-2)14-11-13-7-3-4-8-15(13)20-12-14/h3-4,7-8,11-12H,5-6,9-10H2,1-2H3,(H,19,23)/b21-16-. The number of nitrogens with one attached hydrogen (secondary N) is 1. The molecule has 0 amide bonds. The quantitative estimate of drug-likeness (QED) is 0.691. The van der Waals surface area contributed by atoms with Crippen LogP contribution in [0.25, 0.3) is 10.9 Å². The molecule has 23 heavy (non-hydrogen) atoms. The third kappa shape index (κ3) is 2.70. The smallest absolute Gasteiger partial charge is 0.106 e. The molecule has 0 radical (unpaired) electrons. The van der Waals surface area contributed by atoms with E-state index >= 15 is 0 Å². The molecule has 120 valence electrons. The fourth-order valence-corrected chi connectivity index (χ4v) is 3.82. The number of fused-ring (bicyclic) bond motifs is 1. The van der Waals surface area contributed by atoms with E-state index < -0.39 is 5.41 Å². The van der Waals surface area contributed by atoms with Gasteiger partial charge in [0, 0.05) is 18.6 Å². The van der Waals surface area contributed by atoms with Crippen LogP contribution >= 0.6 is 12.2 Å². The molecule has 3 rings (SSSR count). The number of hydrogen-bond acceptors (Lipinski definition) is 4. The number of likely N-dealkylation sites (N-methyl/N-ethyl adjacent to an activating group) is 1. The summed E-state index contributed by atoms with van der Waals surface area (Å²) in [5.41, 5.74) is 2.64. The lowest BCUT2D eigenvalue weighted by atomic mass is 9.68. The van der Waals surface area contributed by atoms with Crippen molar-refractivity contribution in [3.05, 3.63) is 42.1 Å². The number of thiocarbonyl (C=S) groups is 1. The van der Waals surface area contributed by atoms with Gasteiger partial charge in [-0.1, -0.05) is 42.0 Å². The summed E-state index contributed by atoms with van der Waals surface area (Å²) < 4.78 is 0. The SMILES string of the molecule is CNC(=S)C1(c2cnc3ccccc3c2)CCCC/C1=N/OC. The van der Waals surface area contributed by atoms with E-state index in [1.54, 1.807) is 7.11 Å². The Labute approximate surface area is 141 Å². The molecule has 1 aliphatic carbocycles. The van der Waals surface area contributed by atoms with E-state index in [4.69, 9.17) is 17.1 Å². The van der Waals surface area contributed by atoms with Crippen molar-refractivity contribution < 1.29 is 4.84 Å². The maximum atomic E-state index is 5.71. The van der Waals surface area contributed by atoms with Crippen LogP contribution in [0.2, 0.25) is 0 Å². The molecule has 1 heterocycles. The van der Waals surface area contributed by atoms with Gasteiger partial charge in [-0.05, 0) is 37.0 Å². The number of benzene rings is 1. The van der Waals surface area contributed by atoms with Gasteiger partial charge < -0.3 is 10.2 Å². The van der Waals surface area contributed by atoms with Crippen molar-refractivity contribution in [1.29, 1.82) is 0 Å². The third-order valence-corrected chi connectivity index (χ3v) is 5.16. The molecular formula is C18H21N3OS. The minimum atomic E-state index is -0.421. The highest BCUT2D eigenvalue weighted by Crippen LogP contribution is 2.39. The zero-order valence-corrected chi connectivity index (χ0v) is 14.3. The first kappa shape index (κ1) is 15.9.